The highest BCUT2D eigenvalue weighted by Crippen LogP contribution is 2.38. The number of fused-ring (bicyclic) bond motifs is 1. The van der Waals surface area contributed by atoms with Gasteiger partial charge in [-0.1, -0.05) is 33.1 Å². The van der Waals surface area contributed by atoms with E-state index in [-0.39, 0.29) is 5.91 Å². The molecule has 1 aliphatic carbocycles. The summed E-state index contributed by atoms with van der Waals surface area (Å²) in [5, 5.41) is 9.41. The first-order valence-corrected chi connectivity index (χ1v) is 7.87. The first-order valence-electron chi connectivity index (χ1n) is 7.87. The molecule has 3 nitrogen and oxygen atoms in total. The van der Waals surface area contributed by atoms with E-state index >= 15 is 0 Å². The van der Waals surface area contributed by atoms with Crippen molar-refractivity contribution in [1.82, 2.24) is 4.90 Å². The van der Waals surface area contributed by atoms with Crippen molar-refractivity contribution in [3.63, 3.8) is 0 Å². The van der Waals surface area contributed by atoms with Crippen LogP contribution in [0.15, 0.2) is 0 Å². The fourth-order valence-corrected chi connectivity index (χ4v) is 3.85. The second-order valence-electron chi connectivity index (χ2n) is 6.25. The lowest BCUT2D eigenvalue weighted by Crippen LogP contribution is -2.50. The van der Waals surface area contributed by atoms with Crippen LogP contribution in [0.3, 0.4) is 0 Å². The number of nitrogens with zero attached hydrogens (tertiary/aromatic N) is 2. The molecule has 2 fully saturated rings. The Kier molecular flexibility index (Phi) is 4.50. The first kappa shape index (κ1) is 14.4. The fraction of sp³-hybridized carbons (Fsp3) is 0.875. The molecule has 3 heteroatoms. The summed E-state index contributed by atoms with van der Waals surface area (Å²) in [5.41, 5.74) is -0.776. The second kappa shape index (κ2) is 5.94. The lowest BCUT2D eigenvalue weighted by atomic mass is 9.74. The van der Waals surface area contributed by atoms with Crippen LogP contribution in [-0.4, -0.2) is 23.9 Å². The zero-order chi connectivity index (χ0) is 13.9. The molecule has 1 amide bonds. The molecule has 1 saturated heterocycles. The van der Waals surface area contributed by atoms with E-state index < -0.39 is 5.41 Å². The van der Waals surface area contributed by atoms with Crippen molar-refractivity contribution in [3.05, 3.63) is 0 Å². The van der Waals surface area contributed by atoms with Gasteiger partial charge in [0, 0.05) is 13.1 Å². The summed E-state index contributed by atoms with van der Waals surface area (Å²) in [4.78, 5) is 14.7. The number of rotatable bonds is 3. The second-order valence-corrected chi connectivity index (χ2v) is 6.25. The monoisotopic (exact) mass is 262 g/mol. The Hall–Kier alpha value is -1.04. The van der Waals surface area contributed by atoms with Gasteiger partial charge in [0.25, 0.3) is 0 Å². The molecule has 19 heavy (non-hydrogen) atoms. The lowest BCUT2D eigenvalue weighted by Gasteiger charge is -2.43. The Bertz CT molecular complexity index is 367. The molecule has 1 heterocycles. The zero-order valence-corrected chi connectivity index (χ0v) is 12.3. The van der Waals surface area contributed by atoms with E-state index in [1.807, 2.05) is 18.7 Å². The highest BCUT2D eigenvalue weighted by atomic mass is 16.2. The Morgan fingerprint density at radius 3 is 2.42 bits per heavy atom. The molecule has 1 aliphatic heterocycles. The zero-order valence-electron chi connectivity index (χ0n) is 12.3. The molecule has 2 aliphatic rings. The average molecular weight is 262 g/mol. The van der Waals surface area contributed by atoms with Crippen LogP contribution in [0.1, 0.15) is 58.8 Å². The number of hydrogen-bond donors (Lipinski definition) is 0. The van der Waals surface area contributed by atoms with Gasteiger partial charge in [-0.3, -0.25) is 4.79 Å². The van der Waals surface area contributed by atoms with Gasteiger partial charge in [0.05, 0.1) is 6.07 Å². The van der Waals surface area contributed by atoms with E-state index in [1.165, 1.54) is 25.7 Å². The highest BCUT2D eigenvalue weighted by Gasteiger charge is 2.41. The van der Waals surface area contributed by atoms with Gasteiger partial charge < -0.3 is 4.90 Å². The lowest BCUT2D eigenvalue weighted by molar-refractivity contribution is -0.142. The van der Waals surface area contributed by atoms with Crippen LogP contribution in [0, 0.1) is 28.6 Å². The van der Waals surface area contributed by atoms with Gasteiger partial charge >= 0.3 is 0 Å². The molecular weight excluding hydrogens is 236 g/mol. The predicted octanol–water partition coefficient (Wildman–Crippen LogP) is 3.36. The topological polar surface area (TPSA) is 44.1 Å². The molecular formula is C16H26N2O. The van der Waals surface area contributed by atoms with Crippen molar-refractivity contribution in [2.75, 3.05) is 13.1 Å². The average Bonchev–Trinajstić information content (AvgIpc) is 2.49. The number of amides is 1. The van der Waals surface area contributed by atoms with E-state index in [0.717, 1.165) is 25.4 Å². The number of hydrogen-bond acceptors (Lipinski definition) is 2. The smallest absolute Gasteiger partial charge is 0.243 e. The molecule has 0 N–H and O–H groups in total. The highest BCUT2D eigenvalue weighted by molar-refractivity contribution is 5.85. The molecule has 0 aromatic rings. The SMILES string of the molecule is CCC(C#N)(CC)C(=O)N1CCC2CCCCC2C1. The number of carbonyl (C=O) groups excluding carboxylic acids is 1. The molecule has 2 rings (SSSR count). The third-order valence-electron chi connectivity index (χ3n) is 5.41. The molecule has 0 aromatic carbocycles. The van der Waals surface area contributed by atoms with E-state index in [1.54, 1.807) is 0 Å². The maximum absolute atomic E-state index is 12.7. The number of piperidine rings is 1. The summed E-state index contributed by atoms with van der Waals surface area (Å²) in [5.74, 6) is 1.61. The number of likely N-dealkylation sites (tertiary alicyclic amines) is 1. The summed E-state index contributed by atoms with van der Waals surface area (Å²) < 4.78 is 0. The third kappa shape index (κ3) is 2.63. The third-order valence-corrected chi connectivity index (χ3v) is 5.41. The fourth-order valence-electron chi connectivity index (χ4n) is 3.85. The summed E-state index contributed by atoms with van der Waals surface area (Å²) >= 11 is 0. The van der Waals surface area contributed by atoms with Crippen LogP contribution in [0.4, 0.5) is 0 Å². The molecule has 2 unspecified atom stereocenters. The first-order chi connectivity index (χ1) is 9.16. The van der Waals surface area contributed by atoms with Crippen LogP contribution < -0.4 is 0 Å². The van der Waals surface area contributed by atoms with Crippen LogP contribution in [0.2, 0.25) is 0 Å². The number of nitriles is 1. The van der Waals surface area contributed by atoms with Crippen molar-refractivity contribution in [2.45, 2.75) is 58.8 Å². The van der Waals surface area contributed by atoms with E-state index in [9.17, 15) is 10.1 Å². The summed E-state index contributed by atoms with van der Waals surface area (Å²) in [7, 11) is 0. The van der Waals surface area contributed by atoms with Crippen molar-refractivity contribution in [2.24, 2.45) is 17.3 Å². The minimum Gasteiger partial charge on any atom is -0.341 e. The summed E-state index contributed by atoms with van der Waals surface area (Å²) in [6.07, 6.45) is 7.69. The van der Waals surface area contributed by atoms with Crippen LogP contribution in [0.25, 0.3) is 0 Å². The largest absolute Gasteiger partial charge is 0.341 e. The van der Waals surface area contributed by atoms with Crippen LogP contribution in [0.5, 0.6) is 0 Å². The minimum atomic E-state index is -0.776. The molecule has 0 aromatic heterocycles. The van der Waals surface area contributed by atoms with Crippen molar-refractivity contribution in [3.8, 4) is 6.07 Å². The normalized spacial score (nSPS) is 27.5. The summed E-state index contributed by atoms with van der Waals surface area (Å²) in [6, 6.07) is 2.29. The van der Waals surface area contributed by atoms with Gasteiger partial charge in [-0.2, -0.15) is 5.26 Å². The van der Waals surface area contributed by atoms with Crippen LogP contribution in [-0.2, 0) is 4.79 Å². The van der Waals surface area contributed by atoms with Gasteiger partial charge in [-0.05, 0) is 37.5 Å². The molecule has 0 bridgehead atoms. The Morgan fingerprint density at radius 2 is 1.84 bits per heavy atom. The minimum absolute atomic E-state index is 0.0871. The Morgan fingerprint density at radius 1 is 1.21 bits per heavy atom. The summed E-state index contributed by atoms with van der Waals surface area (Å²) in [6.45, 7) is 5.67. The quantitative estimate of drug-likeness (QED) is 0.783. The van der Waals surface area contributed by atoms with Crippen LogP contribution >= 0.6 is 0 Å². The molecule has 0 spiro atoms. The Balaban J connectivity index is 2.06. The van der Waals surface area contributed by atoms with E-state index in [0.29, 0.717) is 18.8 Å². The van der Waals surface area contributed by atoms with Gasteiger partial charge in [-0.25, -0.2) is 0 Å². The molecule has 0 radical (unpaired) electrons. The van der Waals surface area contributed by atoms with Crippen molar-refractivity contribution >= 4 is 5.91 Å². The van der Waals surface area contributed by atoms with E-state index in [2.05, 4.69) is 6.07 Å². The number of carbonyl (C=O) groups is 1. The van der Waals surface area contributed by atoms with Crippen molar-refractivity contribution < 1.29 is 4.79 Å². The van der Waals surface area contributed by atoms with Gasteiger partial charge in [-0.15, -0.1) is 0 Å². The maximum atomic E-state index is 12.7. The predicted molar refractivity (Wildman–Crippen MR) is 75.3 cm³/mol. The standard InChI is InChI=1S/C16H26N2O/c1-3-16(4-2,12-17)15(19)18-10-9-13-7-5-6-8-14(13)11-18/h13-14H,3-11H2,1-2H3. The molecule has 1 saturated carbocycles. The van der Waals surface area contributed by atoms with Gasteiger partial charge in [0.2, 0.25) is 5.91 Å². The maximum Gasteiger partial charge on any atom is 0.243 e. The molecule has 2 atom stereocenters. The van der Waals surface area contributed by atoms with Crippen molar-refractivity contribution in [1.29, 1.82) is 5.26 Å². The van der Waals surface area contributed by atoms with Gasteiger partial charge in [0.15, 0.2) is 0 Å². The van der Waals surface area contributed by atoms with E-state index in [4.69, 9.17) is 0 Å². The Labute approximate surface area is 117 Å². The van der Waals surface area contributed by atoms with Gasteiger partial charge in [0.1, 0.15) is 5.41 Å². The molecule has 106 valence electrons.